The van der Waals surface area contributed by atoms with Gasteiger partial charge in [0, 0.05) is 17.8 Å². The predicted octanol–water partition coefficient (Wildman–Crippen LogP) is 1.80. The lowest BCUT2D eigenvalue weighted by Gasteiger charge is -2.24. The smallest absolute Gasteiger partial charge is 0.255 e. The summed E-state index contributed by atoms with van der Waals surface area (Å²) < 4.78 is 0. The molecule has 1 aromatic carbocycles. The Balaban J connectivity index is 1.43. The molecule has 1 unspecified atom stereocenters. The fourth-order valence-electron chi connectivity index (χ4n) is 3.33. The van der Waals surface area contributed by atoms with Crippen molar-refractivity contribution in [3.8, 4) is 0 Å². The Hall–Kier alpha value is -3.22. The van der Waals surface area contributed by atoms with Gasteiger partial charge in [0.1, 0.15) is 11.9 Å². The third-order valence-corrected chi connectivity index (χ3v) is 4.79. The summed E-state index contributed by atoms with van der Waals surface area (Å²) in [5.41, 5.74) is 2.26. The van der Waals surface area contributed by atoms with Crippen LogP contribution in [-0.2, 0) is 9.59 Å². The molecule has 7 heteroatoms. The maximum atomic E-state index is 12.8. The Morgan fingerprint density at radius 1 is 1.19 bits per heavy atom. The molecular weight excluding hydrogens is 344 g/mol. The summed E-state index contributed by atoms with van der Waals surface area (Å²) in [7, 11) is 0. The van der Waals surface area contributed by atoms with Crippen molar-refractivity contribution < 1.29 is 14.4 Å². The van der Waals surface area contributed by atoms with Gasteiger partial charge < -0.3 is 15.5 Å². The van der Waals surface area contributed by atoms with Crippen molar-refractivity contribution in [1.82, 2.24) is 15.2 Å². The zero-order valence-electron chi connectivity index (χ0n) is 14.9. The second-order valence-electron chi connectivity index (χ2n) is 6.92. The van der Waals surface area contributed by atoms with Gasteiger partial charge in [-0.15, -0.1) is 0 Å². The van der Waals surface area contributed by atoms with Gasteiger partial charge in [0.15, 0.2) is 0 Å². The molecule has 1 atom stereocenters. The standard InChI is InChI=1S/C20H20N4O3/c1-12-6-9-16(21-10-12)23-17(25)11-22-19(26)18-14-4-2-3-5-15(14)20(27)24(18)13-7-8-13/h2-6,9-10,13,18H,7-8,11H2,1H3,(H,22,26)(H,21,23,25). The molecule has 7 nitrogen and oxygen atoms in total. The highest BCUT2D eigenvalue weighted by Gasteiger charge is 2.47. The molecular formula is C20H20N4O3. The minimum Gasteiger partial charge on any atom is -0.345 e. The molecule has 1 aromatic heterocycles. The third kappa shape index (κ3) is 3.40. The second-order valence-corrected chi connectivity index (χ2v) is 6.92. The zero-order chi connectivity index (χ0) is 19.0. The molecule has 2 heterocycles. The lowest BCUT2D eigenvalue weighted by Crippen LogP contribution is -2.42. The lowest BCUT2D eigenvalue weighted by atomic mass is 10.0. The Morgan fingerprint density at radius 3 is 2.67 bits per heavy atom. The molecule has 2 aliphatic rings. The van der Waals surface area contributed by atoms with Crippen LogP contribution in [0.3, 0.4) is 0 Å². The van der Waals surface area contributed by atoms with Crippen LogP contribution in [0.1, 0.15) is 40.4 Å². The number of nitrogens with one attached hydrogen (secondary N) is 2. The average Bonchev–Trinajstić information content (AvgIpc) is 3.46. The van der Waals surface area contributed by atoms with Crippen molar-refractivity contribution >= 4 is 23.5 Å². The van der Waals surface area contributed by atoms with E-state index in [1.54, 1.807) is 35.4 Å². The quantitative estimate of drug-likeness (QED) is 0.846. The highest BCUT2D eigenvalue weighted by molar-refractivity contribution is 6.05. The van der Waals surface area contributed by atoms with Gasteiger partial charge in [-0.3, -0.25) is 14.4 Å². The number of carbonyl (C=O) groups excluding carboxylic acids is 3. The summed E-state index contributed by atoms with van der Waals surface area (Å²) in [4.78, 5) is 43.3. The molecule has 3 amide bonds. The molecule has 1 fully saturated rings. The van der Waals surface area contributed by atoms with Crippen LogP contribution in [0, 0.1) is 6.92 Å². The van der Waals surface area contributed by atoms with Crippen molar-refractivity contribution in [2.24, 2.45) is 0 Å². The first-order chi connectivity index (χ1) is 13.0. The van der Waals surface area contributed by atoms with E-state index in [0.717, 1.165) is 18.4 Å². The number of nitrogens with zero attached hydrogens (tertiary/aromatic N) is 2. The second kappa shape index (κ2) is 6.83. The summed E-state index contributed by atoms with van der Waals surface area (Å²) in [5.74, 6) is -0.384. The monoisotopic (exact) mass is 364 g/mol. The summed E-state index contributed by atoms with van der Waals surface area (Å²) in [6.45, 7) is 1.73. The number of benzene rings is 1. The number of hydrogen-bond donors (Lipinski definition) is 2. The first kappa shape index (κ1) is 17.2. The van der Waals surface area contributed by atoms with Gasteiger partial charge in [0.05, 0.1) is 6.54 Å². The number of fused-ring (bicyclic) bond motifs is 1. The fourth-order valence-corrected chi connectivity index (χ4v) is 3.33. The Labute approximate surface area is 156 Å². The van der Waals surface area contributed by atoms with E-state index in [4.69, 9.17) is 0 Å². The summed E-state index contributed by atoms with van der Waals surface area (Å²) in [6.07, 6.45) is 3.47. The van der Waals surface area contributed by atoms with Crippen LogP contribution in [0.4, 0.5) is 5.82 Å². The number of hydrogen-bond acceptors (Lipinski definition) is 4. The maximum Gasteiger partial charge on any atom is 0.255 e. The first-order valence-corrected chi connectivity index (χ1v) is 8.96. The third-order valence-electron chi connectivity index (χ3n) is 4.79. The molecule has 0 radical (unpaired) electrons. The largest absolute Gasteiger partial charge is 0.345 e. The predicted molar refractivity (Wildman–Crippen MR) is 99.0 cm³/mol. The average molecular weight is 364 g/mol. The minimum atomic E-state index is -0.675. The topological polar surface area (TPSA) is 91.4 Å². The minimum absolute atomic E-state index is 0.103. The van der Waals surface area contributed by atoms with Crippen molar-refractivity contribution in [3.63, 3.8) is 0 Å². The van der Waals surface area contributed by atoms with Gasteiger partial charge in [-0.05, 0) is 43.0 Å². The Morgan fingerprint density at radius 2 is 1.96 bits per heavy atom. The van der Waals surface area contributed by atoms with Crippen LogP contribution in [0.2, 0.25) is 0 Å². The summed E-state index contributed by atoms with van der Waals surface area (Å²) >= 11 is 0. The van der Waals surface area contributed by atoms with E-state index in [9.17, 15) is 14.4 Å². The first-order valence-electron chi connectivity index (χ1n) is 8.96. The zero-order valence-corrected chi connectivity index (χ0v) is 14.9. The number of aryl methyl sites for hydroxylation is 1. The molecule has 1 saturated carbocycles. The van der Waals surface area contributed by atoms with Crippen LogP contribution in [-0.4, -0.2) is 40.2 Å². The number of aromatic nitrogens is 1. The SMILES string of the molecule is Cc1ccc(NC(=O)CNC(=O)C2c3ccccc3C(=O)N2C2CC2)nc1. The van der Waals surface area contributed by atoms with E-state index in [2.05, 4.69) is 15.6 Å². The van der Waals surface area contributed by atoms with Crippen LogP contribution in [0.25, 0.3) is 0 Å². The highest BCUT2D eigenvalue weighted by Crippen LogP contribution is 2.41. The van der Waals surface area contributed by atoms with Gasteiger partial charge in [-0.1, -0.05) is 24.3 Å². The van der Waals surface area contributed by atoms with Crippen LogP contribution >= 0.6 is 0 Å². The Bertz CT molecular complexity index is 906. The highest BCUT2D eigenvalue weighted by atomic mass is 16.2. The maximum absolute atomic E-state index is 12.8. The van der Waals surface area contributed by atoms with Gasteiger partial charge in [-0.25, -0.2) is 4.98 Å². The lowest BCUT2D eigenvalue weighted by molar-refractivity contribution is -0.127. The van der Waals surface area contributed by atoms with E-state index < -0.39 is 6.04 Å². The van der Waals surface area contributed by atoms with Crippen molar-refractivity contribution in [2.75, 3.05) is 11.9 Å². The normalized spacial score (nSPS) is 18.2. The number of anilines is 1. The van der Waals surface area contributed by atoms with E-state index in [0.29, 0.717) is 16.9 Å². The number of rotatable bonds is 5. The van der Waals surface area contributed by atoms with Crippen LogP contribution in [0.15, 0.2) is 42.6 Å². The molecule has 4 rings (SSSR count). The molecule has 0 saturated heterocycles. The van der Waals surface area contributed by atoms with Crippen molar-refractivity contribution in [1.29, 1.82) is 0 Å². The van der Waals surface area contributed by atoms with Crippen molar-refractivity contribution in [3.05, 3.63) is 59.3 Å². The van der Waals surface area contributed by atoms with Gasteiger partial charge in [0.2, 0.25) is 11.8 Å². The molecule has 138 valence electrons. The molecule has 0 spiro atoms. The van der Waals surface area contributed by atoms with Gasteiger partial charge in [0.25, 0.3) is 5.91 Å². The molecule has 2 aromatic rings. The van der Waals surface area contributed by atoms with Crippen LogP contribution < -0.4 is 10.6 Å². The summed E-state index contributed by atoms with van der Waals surface area (Å²) in [5, 5.41) is 5.30. The van der Waals surface area contributed by atoms with E-state index in [-0.39, 0.29) is 30.3 Å². The molecule has 0 bridgehead atoms. The molecule has 1 aliphatic heterocycles. The molecule has 2 N–H and O–H groups in total. The Kier molecular flexibility index (Phi) is 4.35. The van der Waals surface area contributed by atoms with E-state index in [1.807, 2.05) is 19.1 Å². The number of carbonyl (C=O) groups is 3. The number of amides is 3. The van der Waals surface area contributed by atoms with E-state index >= 15 is 0 Å². The number of pyridine rings is 1. The van der Waals surface area contributed by atoms with E-state index in [1.165, 1.54) is 0 Å². The van der Waals surface area contributed by atoms with Crippen molar-refractivity contribution in [2.45, 2.75) is 31.8 Å². The van der Waals surface area contributed by atoms with Gasteiger partial charge >= 0.3 is 0 Å². The fraction of sp³-hybridized carbons (Fsp3) is 0.300. The van der Waals surface area contributed by atoms with Gasteiger partial charge in [-0.2, -0.15) is 0 Å². The molecule has 1 aliphatic carbocycles. The summed E-state index contributed by atoms with van der Waals surface area (Å²) in [6, 6.07) is 10.1. The molecule has 27 heavy (non-hydrogen) atoms. The van der Waals surface area contributed by atoms with Crippen LogP contribution in [0.5, 0.6) is 0 Å².